The van der Waals surface area contributed by atoms with Crippen LogP contribution in [0.4, 0.5) is 30.1 Å². The van der Waals surface area contributed by atoms with Gasteiger partial charge in [0.2, 0.25) is 5.91 Å². The number of amides is 5. The Hall–Kier alpha value is -6.00. The van der Waals surface area contributed by atoms with Crippen LogP contribution in [-0.4, -0.2) is 79.8 Å². The van der Waals surface area contributed by atoms with Gasteiger partial charge in [0.25, 0.3) is 11.8 Å². The average molecular weight is 790 g/mol. The number of imidazole rings is 1. The van der Waals surface area contributed by atoms with Crippen molar-refractivity contribution in [2.45, 2.75) is 63.4 Å². The molecule has 3 aromatic carbocycles. The molecule has 3 atom stereocenters. The maximum absolute atomic E-state index is 15.9. The Morgan fingerprint density at radius 1 is 0.930 bits per heavy atom. The number of thiazole rings is 1. The number of urea groups is 1. The molecule has 16 heteroatoms. The molecule has 10 rings (SSSR count). The van der Waals surface area contributed by atoms with Crippen molar-refractivity contribution in [1.29, 1.82) is 0 Å². The van der Waals surface area contributed by atoms with Crippen LogP contribution in [0.2, 0.25) is 0 Å². The van der Waals surface area contributed by atoms with Crippen LogP contribution in [0.1, 0.15) is 58.2 Å². The number of benzene rings is 3. The van der Waals surface area contributed by atoms with E-state index in [0.29, 0.717) is 34.2 Å². The van der Waals surface area contributed by atoms with Gasteiger partial charge >= 0.3 is 6.03 Å². The maximum atomic E-state index is 15.9. The Balaban J connectivity index is 0.825. The van der Waals surface area contributed by atoms with Crippen molar-refractivity contribution in [2.75, 3.05) is 34.8 Å². The van der Waals surface area contributed by atoms with Gasteiger partial charge in [-0.2, -0.15) is 0 Å². The van der Waals surface area contributed by atoms with Crippen molar-refractivity contribution < 1.29 is 28.0 Å². The molecular weight excluding hydrogens is 753 g/mol. The Kier molecular flexibility index (Phi) is 8.62. The fourth-order valence-corrected chi connectivity index (χ4v) is 9.66. The van der Waals surface area contributed by atoms with Gasteiger partial charge in [-0.25, -0.2) is 23.5 Å². The summed E-state index contributed by atoms with van der Waals surface area (Å²) in [5.74, 6) is -2.10. The Labute approximate surface area is 329 Å². The zero-order valence-corrected chi connectivity index (χ0v) is 31.5. The second kappa shape index (κ2) is 13.9. The van der Waals surface area contributed by atoms with E-state index in [2.05, 4.69) is 30.4 Å². The summed E-state index contributed by atoms with van der Waals surface area (Å²) < 4.78 is 33.2. The highest BCUT2D eigenvalue weighted by Gasteiger charge is 2.44. The van der Waals surface area contributed by atoms with Gasteiger partial charge in [0, 0.05) is 96.6 Å². The van der Waals surface area contributed by atoms with Crippen molar-refractivity contribution in [1.82, 2.24) is 29.7 Å². The molecule has 57 heavy (non-hydrogen) atoms. The lowest BCUT2D eigenvalue weighted by atomic mass is 9.99. The van der Waals surface area contributed by atoms with Crippen LogP contribution in [0, 0.1) is 11.6 Å². The molecule has 2 N–H and O–H groups in total. The third kappa shape index (κ3) is 6.23. The number of aryl methyl sites for hydroxylation is 1. The van der Waals surface area contributed by atoms with E-state index in [0.717, 1.165) is 55.8 Å². The molecule has 0 aliphatic carbocycles. The van der Waals surface area contributed by atoms with Crippen molar-refractivity contribution in [3.05, 3.63) is 112 Å². The van der Waals surface area contributed by atoms with E-state index in [1.54, 1.807) is 36.1 Å². The molecule has 13 nitrogen and oxygen atoms in total. The number of hydrogen-bond donors (Lipinski definition) is 2. The molecular formula is C41H37F2N9O4S. The molecule has 290 valence electrons. The van der Waals surface area contributed by atoms with Gasteiger partial charge in [0.05, 0.1) is 18.6 Å². The number of carbonyl (C=O) groups excluding carboxylic acids is 4. The summed E-state index contributed by atoms with van der Waals surface area (Å²) in [5.41, 5.74) is 5.23. The van der Waals surface area contributed by atoms with Gasteiger partial charge in [-0.15, -0.1) is 11.3 Å². The Morgan fingerprint density at radius 2 is 1.77 bits per heavy atom. The number of anilines is 3. The molecule has 5 amide bonds. The molecule has 3 saturated heterocycles. The van der Waals surface area contributed by atoms with E-state index in [1.807, 2.05) is 28.8 Å². The lowest BCUT2D eigenvalue weighted by Crippen LogP contribution is -2.49. The first-order chi connectivity index (χ1) is 27.7. The van der Waals surface area contributed by atoms with Gasteiger partial charge < -0.3 is 14.4 Å². The van der Waals surface area contributed by atoms with Crippen LogP contribution < -0.4 is 20.4 Å². The molecule has 7 heterocycles. The smallest absolute Gasteiger partial charge is 0.328 e. The van der Waals surface area contributed by atoms with Crippen molar-refractivity contribution in [3.8, 4) is 11.1 Å². The predicted octanol–water partition coefficient (Wildman–Crippen LogP) is 5.48. The lowest BCUT2D eigenvalue weighted by Gasteiger charge is -2.36. The second-order valence-electron chi connectivity index (χ2n) is 15.2. The number of piperazine rings is 1. The van der Waals surface area contributed by atoms with Crippen LogP contribution in [0.3, 0.4) is 0 Å². The number of fused-ring (bicyclic) bond motifs is 4. The van der Waals surface area contributed by atoms with Crippen molar-refractivity contribution >= 4 is 51.6 Å². The van der Waals surface area contributed by atoms with Gasteiger partial charge in [0.1, 0.15) is 11.6 Å². The average Bonchev–Trinajstić information content (AvgIpc) is 4.06. The summed E-state index contributed by atoms with van der Waals surface area (Å²) in [6, 6.07) is 14.8. The van der Waals surface area contributed by atoms with E-state index >= 15 is 8.78 Å². The highest BCUT2D eigenvalue weighted by Crippen LogP contribution is 2.40. The minimum absolute atomic E-state index is 0.0611. The standard InChI is InChI=1S/C41H37F2N9O4S/c42-32-17-27(50-12-9-35(53)46-41(50)56)8-5-24(32)18-49-19-29-16-28(49)20-51(29)26-6-3-23(4-7-26)25-14-30-31(33(43)15-25)21-52(39(30)55)37(38(54)47-40-44-10-13-57-40)36-34-2-1-11-48(34)22-45-36/h3-8,10,13-15,17,22,28-29,37H,1-2,9,11-12,16,18-21H2,(H,44,47,54)(H,46,53,56)/t28-,29-,37?/m0/s1. The summed E-state index contributed by atoms with van der Waals surface area (Å²) in [4.78, 5) is 67.9. The summed E-state index contributed by atoms with van der Waals surface area (Å²) in [7, 11) is 0. The van der Waals surface area contributed by atoms with E-state index < -0.39 is 29.7 Å². The number of nitrogens with one attached hydrogen (secondary N) is 2. The molecule has 0 saturated carbocycles. The lowest BCUT2D eigenvalue weighted by molar-refractivity contribution is -0.121. The normalized spacial score (nSPS) is 20.7. The van der Waals surface area contributed by atoms with E-state index in [9.17, 15) is 19.2 Å². The third-order valence-electron chi connectivity index (χ3n) is 11.9. The summed E-state index contributed by atoms with van der Waals surface area (Å²) in [6.07, 6.45) is 6.06. The van der Waals surface area contributed by atoms with E-state index in [1.165, 1.54) is 33.3 Å². The molecule has 0 spiro atoms. The molecule has 0 radical (unpaired) electrons. The Morgan fingerprint density at radius 3 is 2.53 bits per heavy atom. The van der Waals surface area contributed by atoms with E-state index in [4.69, 9.17) is 0 Å². The topological polar surface area (TPSA) is 136 Å². The minimum Gasteiger partial charge on any atom is -0.366 e. The monoisotopic (exact) mass is 789 g/mol. The minimum atomic E-state index is -1.06. The van der Waals surface area contributed by atoms with Crippen LogP contribution >= 0.6 is 11.3 Å². The highest BCUT2D eigenvalue weighted by atomic mass is 32.1. The van der Waals surface area contributed by atoms with Crippen molar-refractivity contribution in [2.24, 2.45) is 0 Å². The molecule has 5 aliphatic rings. The number of hydrogen-bond acceptors (Lipinski definition) is 9. The zero-order valence-electron chi connectivity index (χ0n) is 30.7. The number of halogens is 2. The first kappa shape index (κ1) is 35.4. The number of aromatic nitrogens is 3. The fourth-order valence-electron chi connectivity index (χ4n) is 9.13. The van der Waals surface area contributed by atoms with Crippen LogP contribution in [-0.2, 0) is 35.6 Å². The molecule has 1 unspecified atom stereocenters. The second-order valence-corrected chi connectivity index (χ2v) is 16.1. The highest BCUT2D eigenvalue weighted by molar-refractivity contribution is 7.13. The number of nitrogens with zero attached hydrogens (tertiary/aromatic N) is 7. The van der Waals surface area contributed by atoms with Gasteiger partial charge in [-0.1, -0.05) is 18.2 Å². The van der Waals surface area contributed by atoms with Crippen molar-refractivity contribution in [3.63, 3.8) is 0 Å². The predicted molar refractivity (Wildman–Crippen MR) is 208 cm³/mol. The number of carbonyl (C=O) groups is 4. The molecule has 2 aromatic heterocycles. The van der Waals surface area contributed by atoms with E-state index in [-0.39, 0.29) is 54.4 Å². The molecule has 3 fully saturated rings. The first-order valence-electron chi connectivity index (χ1n) is 19.1. The van der Waals surface area contributed by atoms with Crippen LogP contribution in [0.5, 0.6) is 0 Å². The van der Waals surface area contributed by atoms with Crippen LogP contribution in [0.15, 0.2) is 72.5 Å². The zero-order chi connectivity index (χ0) is 38.9. The fraction of sp³-hybridized carbons (Fsp3) is 0.317. The van der Waals surface area contributed by atoms with Gasteiger partial charge in [0.15, 0.2) is 11.2 Å². The summed E-state index contributed by atoms with van der Waals surface area (Å²) in [5, 5.41) is 7.27. The summed E-state index contributed by atoms with van der Waals surface area (Å²) in [6.45, 7) is 2.94. The maximum Gasteiger partial charge on any atom is 0.328 e. The van der Waals surface area contributed by atoms with Gasteiger partial charge in [-0.05, 0) is 66.8 Å². The molecule has 5 aliphatic heterocycles. The molecule has 5 aromatic rings. The largest absolute Gasteiger partial charge is 0.366 e. The molecule has 2 bridgehead atoms. The SMILES string of the molecule is O=C1CCN(c2ccc(CN3C[C@@H]4C[C@H]3CN4c3ccc(-c4cc(F)c5c(c4)C(=O)N(C(C(=O)Nc4nccs4)c4ncn6c4CCC6)C5)cc3)c(F)c2)C(=O)N1. The number of imide groups is 1. The summed E-state index contributed by atoms with van der Waals surface area (Å²) >= 11 is 1.27. The number of rotatable bonds is 9. The van der Waals surface area contributed by atoms with Gasteiger partial charge in [-0.3, -0.25) is 34.8 Å². The van der Waals surface area contributed by atoms with Crippen LogP contribution in [0.25, 0.3) is 11.1 Å². The number of likely N-dealkylation sites (tertiary alicyclic amines) is 1. The first-order valence-corrected chi connectivity index (χ1v) is 19.9. The Bertz CT molecular complexity index is 2460. The quantitative estimate of drug-likeness (QED) is 0.201. The third-order valence-corrected chi connectivity index (χ3v) is 12.6.